The van der Waals surface area contributed by atoms with E-state index in [-0.39, 0.29) is 11.8 Å². The third-order valence-electron chi connectivity index (χ3n) is 3.94. The van der Waals surface area contributed by atoms with Crippen LogP contribution in [0.3, 0.4) is 0 Å². The average molecular weight is 393 g/mol. The van der Waals surface area contributed by atoms with Gasteiger partial charge in [0.05, 0.1) is 17.7 Å². The van der Waals surface area contributed by atoms with Crippen LogP contribution in [0.25, 0.3) is 0 Å². The number of benzene rings is 2. The average Bonchev–Trinajstić information content (AvgIpc) is 3.27. The van der Waals surface area contributed by atoms with Crippen molar-refractivity contribution in [1.29, 1.82) is 0 Å². The van der Waals surface area contributed by atoms with Crippen molar-refractivity contribution in [2.24, 2.45) is 5.10 Å². The van der Waals surface area contributed by atoms with Gasteiger partial charge < -0.3 is 10.1 Å². The van der Waals surface area contributed by atoms with Crippen molar-refractivity contribution in [1.82, 2.24) is 5.43 Å². The van der Waals surface area contributed by atoms with Crippen LogP contribution in [0.5, 0.6) is 5.75 Å². The normalized spacial score (nSPS) is 11.0. The number of ether oxygens (including phenoxy) is 1. The van der Waals surface area contributed by atoms with Gasteiger partial charge in [0, 0.05) is 11.3 Å². The Hall–Kier alpha value is -3.45. The summed E-state index contributed by atoms with van der Waals surface area (Å²) in [6, 6.07) is 17.7. The minimum Gasteiger partial charge on any atom is -0.497 e. The number of amides is 2. The van der Waals surface area contributed by atoms with Crippen LogP contribution >= 0.6 is 11.3 Å². The molecule has 0 saturated heterocycles. The fraction of sp³-hybridized carbons (Fsp3) is 0.0952. The number of hydrogen-bond donors (Lipinski definition) is 2. The fourth-order valence-electron chi connectivity index (χ4n) is 2.45. The molecule has 0 bridgehead atoms. The Labute approximate surface area is 166 Å². The summed E-state index contributed by atoms with van der Waals surface area (Å²) in [7, 11) is 1.55. The minimum absolute atomic E-state index is 0.159. The zero-order chi connectivity index (χ0) is 19.9. The number of nitrogens with one attached hydrogen (secondary N) is 2. The quantitative estimate of drug-likeness (QED) is 0.487. The topological polar surface area (TPSA) is 79.8 Å². The van der Waals surface area contributed by atoms with Gasteiger partial charge in [-0.3, -0.25) is 9.59 Å². The summed E-state index contributed by atoms with van der Waals surface area (Å²) in [6.45, 7) is 1.78. The smallest absolute Gasteiger partial charge is 0.271 e. The molecular weight excluding hydrogens is 374 g/mol. The number of thiophene rings is 1. The van der Waals surface area contributed by atoms with Crippen molar-refractivity contribution >= 4 is 34.6 Å². The van der Waals surface area contributed by atoms with Gasteiger partial charge in [-0.25, -0.2) is 5.43 Å². The van der Waals surface area contributed by atoms with Crippen LogP contribution in [0, 0.1) is 0 Å². The van der Waals surface area contributed by atoms with E-state index in [1.165, 1.54) is 11.3 Å². The highest BCUT2D eigenvalue weighted by Crippen LogP contribution is 2.16. The first-order valence-corrected chi connectivity index (χ1v) is 9.39. The SMILES string of the molecule is COc1cccc(C(=O)N/N=C(\C)c2cccc(NC(=O)c3cccs3)c2)c1. The van der Waals surface area contributed by atoms with Crippen molar-refractivity contribution in [3.05, 3.63) is 82.0 Å². The van der Waals surface area contributed by atoms with Gasteiger partial charge in [-0.15, -0.1) is 11.3 Å². The number of nitrogens with zero attached hydrogens (tertiary/aromatic N) is 1. The van der Waals surface area contributed by atoms with Crippen LogP contribution in [0.4, 0.5) is 5.69 Å². The molecule has 0 fully saturated rings. The van der Waals surface area contributed by atoms with Crippen LogP contribution in [0.1, 0.15) is 32.5 Å². The third kappa shape index (κ3) is 4.83. The molecule has 0 aliphatic carbocycles. The third-order valence-corrected chi connectivity index (χ3v) is 4.81. The molecule has 0 aliphatic rings. The van der Waals surface area contributed by atoms with Gasteiger partial charge in [0.25, 0.3) is 11.8 Å². The summed E-state index contributed by atoms with van der Waals surface area (Å²) < 4.78 is 5.12. The molecule has 1 heterocycles. The number of hydrazone groups is 1. The maximum absolute atomic E-state index is 12.3. The van der Waals surface area contributed by atoms with Crippen molar-refractivity contribution in [3.63, 3.8) is 0 Å². The van der Waals surface area contributed by atoms with Gasteiger partial charge in [0.2, 0.25) is 0 Å². The summed E-state index contributed by atoms with van der Waals surface area (Å²) in [5, 5.41) is 8.87. The summed E-state index contributed by atoms with van der Waals surface area (Å²) in [4.78, 5) is 25.1. The second-order valence-corrected chi connectivity index (χ2v) is 6.83. The maximum atomic E-state index is 12.3. The van der Waals surface area contributed by atoms with Gasteiger partial charge in [0.15, 0.2) is 0 Å². The van der Waals surface area contributed by atoms with E-state index in [1.54, 1.807) is 50.4 Å². The zero-order valence-electron chi connectivity index (χ0n) is 15.4. The molecule has 0 unspecified atom stereocenters. The van der Waals surface area contributed by atoms with Crippen molar-refractivity contribution in [2.75, 3.05) is 12.4 Å². The molecule has 7 heteroatoms. The lowest BCUT2D eigenvalue weighted by molar-refractivity contribution is 0.0953. The molecule has 6 nitrogen and oxygen atoms in total. The molecule has 0 spiro atoms. The molecule has 28 heavy (non-hydrogen) atoms. The second kappa shape index (κ2) is 8.96. The van der Waals surface area contributed by atoms with Gasteiger partial charge in [0.1, 0.15) is 5.75 Å². The molecule has 2 aromatic carbocycles. The van der Waals surface area contributed by atoms with Crippen molar-refractivity contribution < 1.29 is 14.3 Å². The van der Waals surface area contributed by atoms with Crippen molar-refractivity contribution in [2.45, 2.75) is 6.92 Å². The standard InChI is InChI=1S/C21H19N3O3S/c1-14(23-24-20(25)16-7-4-9-18(13-16)27-2)15-6-3-8-17(12-15)22-21(26)19-10-5-11-28-19/h3-13H,1-2H3,(H,22,26)(H,24,25)/b23-14+. The number of methoxy groups -OCH3 is 1. The summed E-state index contributed by atoms with van der Waals surface area (Å²) >= 11 is 1.38. The largest absolute Gasteiger partial charge is 0.497 e. The lowest BCUT2D eigenvalue weighted by atomic mass is 10.1. The lowest BCUT2D eigenvalue weighted by Gasteiger charge is -2.07. The Balaban J connectivity index is 1.68. The highest BCUT2D eigenvalue weighted by molar-refractivity contribution is 7.12. The monoisotopic (exact) mass is 393 g/mol. The van der Waals surface area contributed by atoms with E-state index in [0.717, 1.165) is 5.56 Å². The highest BCUT2D eigenvalue weighted by Gasteiger charge is 2.09. The van der Waals surface area contributed by atoms with E-state index in [1.807, 2.05) is 29.6 Å². The number of hydrogen-bond acceptors (Lipinski definition) is 5. The number of rotatable bonds is 6. The number of carbonyl (C=O) groups is 2. The Kier molecular flexibility index (Phi) is 6.18. The first-order valence-electron chi connectivity index (χ1n) is 8.51. The Morgan fingerprint density at radius 1 is 0.964 bits per heavy atom. The van der Waals surface area contributed by atoms with E-state index in [0.29, 0.717) is 27.6 Å². The number of carbonyl (C=O) groups excluding carboxylic acids is 2. The van der Waals surface area contributed by atoms with Gasteiger partial charge in [-0.1, -0.05) is 24.3 Å². The van der Waals surface area contributed by atoms with Gasteiger partial charge in [-0.05, 0) is 54.3 Å². The lowest BCUT2D eigenvalue weighted by Crippen LogP contribution is -2.19. The first kappa shape index (κ1) is 19.3. The van der Waals surface area contributed by atoms with Gasteiger partial charge in [-0.2, -0.15) is 5.10 Å². The molecule has 3 aromatic rings. The molecular formula is C21H19N3O3S. The summed E-state index contributed by atoms with van der Waals surface area (Å²) in [5.41, 5.74) is 5.05. The Bertz CT molecular complexity index is 1010. The van der Waals surface area contributed by atoms with E-state index < -0.39 is 0 Å². The van der Waals surface area contributed by atoms with E-state index in [9.17, 15) is 9.59 Å². The predicted octanol–water partition coefficient (Wildman–Crippen LogP) is 4.16. The molecule has 142 valence electrons. The molecule has 2 N–H and O–H groups in total. The zero-order valence-corrected chi connectivity index (χ0v) is 16.2. The Morgan fingerprint density at radius 2 is 1.75 bits per heavy atom. The molecule has 0 saturated carbocycles. The molecule has 0 radical (unpaired) electrons. The van der Waals surface area contributed by atoms with Gasteiger partial charge >= 0.3 is 0 Å². The van der Waals surface area contributed by atoms with Crippen LogP contribution < -0.4 is 15.5 Å². The summed E-state index contributed by atoms with van der Waals surface area (Å²) in [6.07, 6.45) is 0. The van der Waals surface area contributed by atoms with Crippen molar-refractivity contribution in [3.8, 4) is 5.75 Å². The second-order valence-electron chi connectivity index (χ2n) is 5.88. The number of anilines is 1. The molecule has 2 amide bonds. The van der Waals surface area contributed by atoms with Crippen LogP contribution in [0.15, 0.2) is 71.1 Å². The summed E-state index contributed by atoms with van der Waals surface area (Å²) in [5.74, 6) is 0.107. The molecule has 1 aromatic heterocycles. The van der Waals surface area contributed by atoms with Crippen LogP contribution in [-0.4, -0.2) is 24.6 Å². The van der Waals surface area contributed by atoms with E-state index >= 15 is 0 Å². The Morgan fingerprint density at radius 3 is 2.50 bits per heavy atom. The van der Waals surface area contributed by atoms with Crippen LogP contribution in [0.2, 0.25) is 0 Å². The van der Waals surface area contributed by atoms with Crippen LogP contribution in [-0.2, 0) is 0 Å². The predicted molar refractivity (Wildman–Crippen MR) is 111 cm³/mol. The van der Waals surface area contributed by atoms with E-state index in [4.69, 9.17) is 4.74 Å². The minimum atomic E-state index is -0.333. The maximum Gasteiger partial charge on any atom is 0.271 e. The molecule has 0 aliphatic heterocycles. The first-order chi connectivity index (χ1) is 13.6. The molecule has 3 rings (SSSR count). The van der Waals surface area contributed by atoms with E-state index in [2.05, 4.69) is 15.8 Å². The molecule has 0 atom stereocenters. The highest BCUT2D eigenvalue weighted by atomic mass is 32.1. The fourth-order valence-corrected chi connectivity index (χ4v) is 3.07.